The normalized spacial score (nSPS) is 20.6. The minimum absolute atomic E-state index is 0.0245. The van der Waals surface area contributed by atoms with Crippen molar-refractivity contribution in [2.75, 3.05) is 6.61 Å². The molecule has 3 rings (SSSR count). The van der Waals surface area contributed by atoms with Crippen LogP contribution in [0.25, 0.3) is 11.0 Å². The van der Waals surface area contributed by atoms with E-state index in [1.807, 2.05) is 50.6 Å². The van der Waals surface area contributed by atoms with Gasteiger partial charge < -0.3 is 19.5 Å². The molecule has 7 nitrogen and oxygen atoms in total. The summed E-state index contributed by atoms with van der Waals surface area (Å²) in [5.41, 5.74) is 1.91. The summed E-state index contributed by atoms with van der Waals surface area (Å²) in [4.78, 5) is 15.7. The second kappa shape index (κ2) is 9.48. The first-order chi connectivity index (χ1) is 13.8. The van der Waals surface area contributed by atoms with Gasteiger partial charge in [-0.25, -0.2) is 0 Å². The Morgan fingerprint density at radius 3 is 2.55 bits per heavy atom. The lowest BCUT2D eigenvalue weighted by molar-refractivity contribution is -0.120. The van der Waals surface area contributed by atoms with Crippen molar-refractivity contribution in [2.45, 2.75) is 77.7 Å². The van der Waals surface area contributed by atoms with E-state index in [1.54, 1.807) is 0 Å². The summed E-state index contributed by atoms with van der Waals surface area (Å²) in [7, 11) is 1.97. The number of aryl methyl sites for hydroxylation is 1. The number of hydrogen-bond acceptors (Lipinski definition) is 5. The molecule has 0 saturated heterocycles. The number of carbonyl (C=O) groups is 1. The van der Waals surface area contributed by atoms with Crippen LogP contribution >= 0.6 is 0 Å². The van der Waals surface area contributed by atoms with E-state index in [0.29, 0.717) is 12.6 Å². The van der Waals surface area contributed by atoms with E-state index in [2.05, 4.69) is 10.3 Å². The minimum Gasteiger partial charge on any atom is -0.491 e. The number of benzene rings is 1. The first-order valence-corrected chi connectivity index (χ1v) is 10.5. The van der Waals surface area contributed by atoms with Gasteiger partial charge in [-0.05, 0) is 58.6 Å². The first-order valence-electron chi connectivity index (χ1n) is 10.5. The lowest BCUT2D eigenvalue weighted by atomic mass is 9.95. The molecular formula is C22H33N3O4. The molecule has 1 aromatic carbocycles. The molecule has 1 heterocycles. The van der Waals surface area contributed by atoms with Crippen molar-refractivity contribution in [3.05, 3.63) is 18.2 Å². The maximum Gasteiger partial charge on any atom is 0.297 e. The Morgan fingerprint density at radius 1 is 1.21 bits per heavy atom. The Hall–Kier alpha value is -2.28. The molecule has 2 aromatic rings. The molecule has 160 valence electrons. The predicted octanol–water partition coefficient (Wildman–Crippen LogP) is 3.59. The maximum atomic E-state index is 11.1. The molecule has 29 heavy (non-hydrogen) atoms. The fourth-order valence-corrected chi connectivity index (χ4v) is 3.73. The molecule has 1 aliphatic rings. The summed E-state index contributed by atoms with van der Waals surface area (Å²) in [5.74, 6) is 0.816. The number of fused-ring (bicyclic) bond motifs is 1. The van der Waals surface area contributed by atoms with Gasteiger partial charge in [0.05, 0.1) is 29.8 Å². The van der Waals surface area contributed by atoms with Gasteiger partial charge in [0, 0.05) is 26.1 Å². The van der Waals surface area contributed by atoms with E-state index in [9.17, 15) is 4.79 Å². The van der Waals surface area contributed by atoms with Gasteiger partial charge in [0.1, 0.15) is 11.9 Å². The highest BCUT2D eigenvalue weighted by Crippen LogP contribution is 2.29. The molecule has 0 unspecified atom stereocenters. The molecule has 1 N–H and O–H groups in total. The molecule has 1 aliphatic carbocycles. The summed E-state index contributed by atoms with van der Waals surface area (Å²) in [6, 6.07) is 6.61. The van der Waals surface area contributed by atoms with Crippen LogP contribution in [0, 0.1) is 0 Å². The number of amides is 1. The van der Waals surface area contributed by atoms with Crippen LogP contribution in [-0.4, -0.2) is 46.4 Å². The average molecular weight is 404 g/mol. The third kappa shape index (κ3) is 5.85. The van der Waals surface area contributed by atoms with Crippen molar-refractivity contribution in [1.82, 2.24) is 14.9 Å². The second-order valence-electron chi connectivity index (χ2n) is 8.22. The number of hydrogen-bond donors (Lipinski definition) is 1. The minimum atomic E-state index is -0.0245. The van der Waals surface area contributed by atoms with E-state index < -0.39 is 0 Å². The van der Waals surface area contributed by atoms with Crippen LogP contribution in [0.4, 0.5) is 0 Å². The third-order valence-electron chi connectivity index (χ3n) is 5.11. The molecule has 1 saturated carbocycles. The van der Waals surface area contributed by atoms with Crippen molar-refractivity contribution in [3.8, 4) is 11.8 Å². The first kappa shape index (κ1) is 21.4. The Labute approximate surface area is 172 Å². The predicted molar refractivity (Wildman–Crippen MR) is 112 cm³/mol. The molecule has 1 amide bonds. The fourth-order valence-electron chi connectivity index (χ4n) is 3.73. The molecule has 7 heteroatoms. The lowest BCUT2D eigenvalue weighted by Crippen LogP contribution is -2.37. The fraction of sp³-hybridized carbons (Fsp3) is 0.636. The van der Waals surface area contributed by atoms with Gasteiger partial charge in [0.15, 0.2) is 0 Å². The van der Waals surface area contributed by atoms with E-state index in [0.717, 1.165) is 42.5 Å². The van der Waals surface area contributed by atoms with Gasteiger partial charge in [-0.1, -0.05) is 0 Å². The lowest BCUT2D eigenvalue weighted by Gasteiger charge is -2.29. The van der Waals surface area contributed by atoms with Gasteiger partial charge in [-0.15, -0.1) is 0 Å². The molecular weight excluding hydrogens is 370 g/mol. The number of nitrogens with one attached hydrogen (secondary N) is 1. The second-order valence-corrected chi connectivity index (χ2v) is 8.22. The van der Waals surface area contributed by atoms with Crippen LogP contribution in [0.2, 0.25) is 0 Å². The van der Waals surface area contributed by atoms with Crippen LogP contribution in [0.5, 0.6) is 11.8 Å². The molecule has 0 radical (unpaired) electrons. The van der Waals surface area contributed by atoms with Gasteiger partial charge in [0.25, 0.3) is 6.01 Å². The number of carbonyl (C=O) groups excluding carboxylic acids is 1. The summed E-state index contributed by atoms with van der Waals surface area (Å²) in [6.07, 6.45) is 4.28. The van der Waals surface area contributed by atoms with E-state index in [4.69, 9.17) is 14.2 Å². The highest BCUT2D eigenvalue weighted by molar-refractivity contribution is 5.78. The zero-order chi connectivity index (χ0) is 21.0. The quantitative estimate of drug-likeness (QED) is 0.729. The van der Waals surface area contributed by atoms with E-state index in [-0.39, 0.29) is 30.3 Å². The van der Waals surface area contributed by atoms with Crippen molar-refractivity contribution >= 4 is 16.9 Å². The SMILES string of the molecule is CC(=O)N[C@@H](C)COC1CCC(Oc2nc3ccc(OC(C)C)cc3n2C)CC1. The van der Waals surface area contributed by atoms with Gasteiger partial charge in [0.2, 0.25) is 5.91 Å². The molecule has 1 fully saturated rings. The van der Waals surface area contributed by atoms with Gasteiger partial charge in [-0.3, -0.25) is 9.36 Å². The van der Waals surface area contributed by atoms with Crippen LogP contribution in [0.15, 0.2) is 18.2 Å². The van der Waals surface area contributed by atoms with Crippen LogP contribution < -0.4 is 14.8 Å². The zero-order valence-electron chi connectivity index (χ0n) is 18.1. The number of imidazole rings is 1. The monoisotopic (exact) mass is 403 g/mol. The standard InChI is InChI=1S/C22H33N3O4/c1-14(2)28-19-10-11-20-21(12-19)25(5)22(24-20)29-18-8-6-17(7-9-18)27-13-15(3)23-16(4)26/h10-12,14-15,17-18H,6-9,13H2,1-5H3,(H,23,26)/t15-,17?,18?/m0/s1. The summed E-state index contributed by atoms with van der Waals surface area (Å²) in [6.45, 7) is 8.06. The topological polar surface area (TPSA) is 74.6 Å². The summed E-state index contributed by atoms with van der Waals surface area (Å²) < 4.78 is 19.9. The Bertz CT molecular complexity index is 825. The molecule has 0 aliphatic heterocycles. The molecule has 0 spiro atoms. The molecule has 0 bridgehead atoms. The van der Waals surface area contributed by atoms with Gasteiger partial charge >= 0.3 is 0 Å². The number of aromatic nitrogens is 2. The Balaban J connectivity index is 1.53. The molecule has 1 atom stereocenters. The van der Waals surface area contributed by atoms with Crippen LogP contribution in [-0.2, 0) is 16.6 Å². The summed E-state index contributed by atoms with van der Waals surface area (Å²) in [5, 5.41) is 2.85. The van der Waals surface area contributed by atoms with Gasteiger partial charge in [-0.2, -0.15) is 4.98 Å². The van der Waals surface area contributed by atoms with Crippen molar-refractivity contribution in [1.29, 1.82) is 0 Å². The summed E-state index contributed by atoms with van der Waals surface area (Å²) >= 11 is 0. The molecule has 1 aromatic heterocycles. The van der Waals surface area contributed by atoms with E-state index >= 15 is 0 Å². The van der Waals surface area contributed by atoms with Crippen LogP contribution in [0.3, 0.4) is 0 Å². The van der Waals surface area contributed by atoms with Crippen molar-refractivity contribution < 1.29 is 19.0 Å². The van der Waals surface area contributed by atoms with Crippen molar-refractivity contribution in [3.63, 3.8) is 0 Å². The highest BCUT2D eigenvalue weighted by Gasteiger charge is 2.25. The Kier molecular flexibility index (Phi) is 7.00. The Morgan fingerprint density at radius 2 is 1.90 bits per heavy atom. The smallest absolute Gasteiger partial charge is 0.297 e. The van der Waals surface area contributed by atoms with E-state index in [1.165, 1.54) is 6.92 Å². The zero-order valence-corrected chi connectivity index (χ0v) is 18.1. The number of ether oxygens (including phenoxy) is 3. The average Bonchev–Trinajstić information content (AvgIpc) is 2.96. The largest absolute Gasteiger partial charge is 0.491 e. The third-order valence-corrected chi connectivity index (χ3v) is 5.11. The number of rotatable bonds is 8. The maximum absolute atomic E-state index is 11.1. The van der Waals surface area contributed by atoms with Crippen LogP contribution in [0.1, 0.15) is 53.4 Å². The number of nitrogens with zero attached hydrogens (tertiary/aromatic N) is 2. The highest BCUT2D eigenvalue weighted by atomic mass is 16.5. The van der Waals surface area contributed by atoms with Crippen molar-refractivity contribution in [2.24, 2.45) is 7.05 Å².